The van der Waals surface area contributed by atoms with Gasteiger partial charge in [-0.25, -0.2) is 9.97 Å². The maximum Gasteiger partial charge on any atom is 0.270 e. The monoisotopic (exact) mass is 571 g/mol. The molecular formula is C27H37N7O5S. The molecule has 0 unspecified atom stereocenters. The zero-order valence-corrected chi connectivity index (χ0v) is 23.8. The number of carbonyl (C=O) groups is 1. The minimum atomic E-state index is -0.718. The summed E-state index contributed by atoms with van der Waals surface area (Å²) >= 11 is 0. The second kappa shape index (κ2) is 13.8. The third kappa shape index (κ3) is 7.62. The quantitative estimate of drug-likeness (QED) is 0.292. The lowest BCUT2D eigenvalue weighted by Gasteiger charge is -2.30. The van der Waals surface area contributed by atoms with Crippen LogP contribution < -0.4 is 20.3 Å². The first-order valence-electron chi connectivity index (χ1n) is 13.2. The van der Waals surface area contributed by atoms with Crippen molar-refractivity contribution in [2.45, 2.75) is 38.6 Å². The number of nitrogens with zero attached hydrogens (tertiary/aromatic N) is 5. The molecular weight excluding hydrogens is 534 g/mol. The minimum absolute atomic E-state index is 0. The summed E-state index contributed by atoms with van der Waals surface area (Å²) in [7, 11) is 1.88. The Balaban J connectivity index is 0.00000370. The number of rotatable bonds is 12. The number of benzene rings is 1. The number of amides is 1. The number of anilines is 2. The Hall–Kier alpha value is -3.39. The molecule has 12 nitrogen and oxygen atoms in total. The predicted molar refractivity (Wildman–Crippen MR) is 154 cm³/mol. The summed E-state index contributed by atoms with van der Waals surface area (Å²) in [6.07, 6.45) is 3.16. The van der Waals surface area contributed by atoms with Gasteiger partial charge in [0, 0.05) is 45.8 Å². The molecule has 0 radical (unpaired) electrons. The highest BCUT2D eigenvalue weighted by Gasteiger charge is 2.22. The van der Waals surface area contributed by atoms with E-state index in [1.54, 1.807) is 12.3 Å². The van der Waals surface area contributed by atoms with Gasteiger partial charge in [0.1, 0.15) is 23.9 Å². The van der Waals surface area contributed by atoms with Crippen molar-refractivity contribution in [3.8, 4) is 5.75 Å². The highest BCUT2D eigenvalue weighted by atomic mass is 32.1. The molecule has 0 saturated carbocycles. The summed E-state index contributed by atoms with van der Waals surface area (Å²) in [6, 6.07) is 7.88. The van der Waals surface area contributed by atoms with Gasteiger partial charge in [-0.05, 0) is 36.6 Å². The van der Waals surface area contributed by atoms with Gasteiger partial charge < -0.3 is 34.5 Å². The van der Waals surface area contributed by atoms with Crippen LogP contribution in [0.5, 0.6) is 5.75 Å². The normalized spacial score (nSPS) is 15.8. The zero-order chi connectivity index (χ0) is 27.2. The number of hydrogen-bond acceptors (Lipinski definition) is 11. The van der Waals surface area contributed by atoms with Gasteiger partial charge in [0.25, 0.3) is 5.91 Å². The highest BCUT2D eigenvalue weighted by molar-refractivity contribution is 7.59. The predicted octanol–water partition coefficient (Wildman–Crippen LogP) is 1.57. The van der Waals surface area contributed by atoms with Crippen LogP contribution in [-0.2, 0) is 24.3 Å². The summed E-state index contributed by atoms with van der Waals surface area (Å²) in [5, 5.41) is 16.8. The summed E-state index contributed by atoms with van der Waals surface area (Å²) in [4.78, 5) is 29.8. The molecule has 1 amide bonds. The first-order valence-corrected chi connectivity index (χ1v) is 13.2. The molecule has 0 bridgehead atoms. The van der Waals surface area contributed by atoms with Crippen molar-refractivity contribution in [3.63, 3.8) is 0 Å². The van der Waals surface area contributed by atoms with Gasteiger partial charge in [0.15, 0.2) is 12.2 Å². The van der Waals surface area contributed by atoms with Gasteiger partial charge in [0.05, 0.1) is 31.6 Å². The van der Waals surface area contributed by atoms with Crippen LogP contribution in [0.1, 0.15) is 34.3 Å². The topological polar surface area (TPSA) is 138 Å². The molecule has 0 spiro atoms. The van der Waals surface area contributed by atoms with Gasteiger partial charge in [-0.2, -0.15) is 18.5 Å². The first kappa shape index (κ1) is 29.6. The molecule has 5 rings (SSSR count). The SMILES string of the molecule is CCN(C)c1nc(NC2COC2)cc(C(=O)NC[C@H](O)CN2CCc3cc(OCc4cnco4)ccc3C2)n1.S. The lowest BCUT2D eigenvalue weighted by Crippen LogP contribution is -2.42. The second-order valence-corrected chi connectivity index (χ2v) is 9.87. The molecule has 0 aliphatic carbocycles. The molecule has 1 fully saturated rings. The second-order valence-electron chi connectivity index (χ2n) is 9.87. The number of aromatic nitrogens is 3. The lowest BCUT2D eigenvalue weighted by molar-refractivity contribution is 0.0209. The standard InChI is InChI=1S/C27H35N7O5.H2S/c1-3-33(2)27-31-24(9-25(32-27)30-20-14-37-15-20)26(36)29-10-21(35)13-34-7-6-18-8-22(5-4-19(18)12-34)38-16-23-11-28-17-39-23;/h4-5,8-9,11,17,20-21,35H,3,6-7,10,12-16H2,1-2H3,(H,29,36)(H,30,31,32);1H2/t21-;/m0./s1. The number of β-amino-alcohol motifs (C(OH)–C–C–N with tert-alkyl or cyclic N) is 1. The minimum Gasteiger partial charge on any atom is -0.486 e. The largest absolute Gasteiger partial charge is 0.486 e. The van der Waals surface area contributed by atoms with Crippen molar-refractivity contribution in [2.75, 3.05) is 56.7 Å². The van der Waals surface area contributed by atoms with Gasteiger partial charge in [-0.15, -0.1) is 0 Å². The van der Waals surface area contributed by atoms with Crippen molar-refractivity contribution in [3.05, 3.63) is 59.4 Å². The Morgan fingerprint density at radius 1 is 1.27 bits per heavy atom. The van der Waals surface area contributed by atoms with E-state index in [-0.39, 0.29) is 37.7 Å². The van der Waals surface area contributed by atoms with E-state index >= 15 is 0 Å². The van der Waals surface area contributed by atoms with Crippen molar-refractivity contribution in [1.29, 1.82) is 0 Å². The molecule has 4 heterocycles. The number of nitrogens with one attached hydrogen (secondary N) is 2. The molecule has 1 aromatic carbocycles. The molecule has 2 aliphatic rings. The van der Waals surface area contributed by atoms with Crippen LogP contribution >= 0.6 is 13.5 Å². The van der Waals surface area contributed by atoms with Crippen LogP contribution in [0.3, 0.4) is 0 Å². The molecule has 1 saturated heterocycles. The van der Waals surface area contributed by atoms with E-state index in [1.807, 2.05) is 24.9 Å². The fourth-order valence-electron chi connectivity index (χ4n) is 4.43. The Morgan fingerprint density at radius 2 is 2.12 bits per heavy atom. The molecule has 3 N–H and O–H groups in total. The Labute approximate surface area is 240 Å². The lowest BCUT2D eigenvalue weighted by atomic mass is 9.99. The molecule has 1 atom stereocenters. The number of aliphatic hydroxyl groups is 1. The van der Waals surface area contributed by atoms with Crippen molar-refractivity contribution >= 4 is 31.2 Å². The van der Waals surface area contributed by atoms with Crippen molar-refractivity contribution in [1.82, 2.24) is 25.2 Å². The summed E-state index contributed by atoms with van der Waals surface area (Å²) < 4.78 is 16.2. The van der Waals surface area contributed by atoms with E-state index in [0.717, 1.165) is 25.3 Å². The van der Waals surface area contributed by atoms with Gasteiger partial charge in [-0.3, -0.25) is 9.69 Å². The van der Waals surface area contributed by atoms with Crippen LogP contribution in [0.2, 0.25) is 0 Å². The van der Waals surface area contributed by atoms with Gasteiger partial charge in [-0.1, -0.05) is 6.07 Å². The summed E-state index contributed by atoms with van der Waals surface area (Å²) in [5.74, 6) is 2.16. The fraction of sp³-hybridized carbons (Fsp3) is 0.481. The van der Waals surface area contributed by atoms with E-state index in [1.165, 1.54) is 17.5 Å². The molecule has 13 heteroatoms. The average molecular weight is 572 g/mol. The van der Waals surface area contributed by atoms with Crippen molar-refractivity contribution in [2.24, 2.45) is 0 Å². The maximum absolute atomic E-state index is 12.9. The van der Waals surface area contributed by atoms with Gasteiger partial charge >= 0.3 is 0 Å². The first-order chi connectivity index (χ1) is 19.0. The average Bonchev–Trinajstić information content (AvgIpc) is 3.45. The molecule has 2 aromatic heterocycles. The smallest absolute Gasteiger partial charge is 0.270 e. The third-order valence-corrected chi connectivity index (χ3v) is 6.85. The number of ether oxygens (including phenoxy) is 2. The van der Waals surface area contributed by atoms with E-state index < -0.39 is 6.10 Å². The summed E-state index contributed by atoms with van der Waals surface area (Å²) in [6.45, 7) is 6.35. The Morgan fingerprint density at radius 3 is 2.85 bits per heavy atom. The third-order valence-electron chi connectivity index (χ3n) is 6.85. The molecule has 2 aliphatic heterocycles. The number of aliphatic hydroxyl groups excluding tert-OH is 1. The highest BCUT2D eigenvalue weighted by Crippen LogP contribution is 2.25. The molecule has 216 valence electrons. The van der Waals surface area contributed by atoms with Crippen LogP contribution in [0.4, 0.5) is 11.8 Å². The van der Waals surface area contributed by atoms with E-state index in [2.05, 4.69) is 42.6 Å². The van der Waals surface area contributed by atoms with Crippen LogP contribution in [-0.4, -0.2) is 89.5 Å². The van der Waals surface area contributed by atoms with E-state index in [0.29, 0.717) is 50.4 Å². The van der Waals surface area contributed by atoms with Crippen molar-refractivity contribution < 1.29 is 23.8 Å². The number of hydrogen-bond donors (Lipinski definition) is 3. The zero-order valence-electron chi connectivity index (χ0n) is 22.8. The number of oxazole rings is 1. The molecule has 3 aromatic rings. The number of carbonyl (C=O) groups excluding carboxylic acids is 1. The summed E-state index contributed by atoms with van der Waals surface area (Å²) in [5.41, 5.74) is 2.69. The fourth-order valence-corrected chi connectivity index (χ4v) is 4.43. The molecule has 40 heavy (non-hydrogen) atoms. The Bertz CT molecular complexity index is 1260. The maximum atomic E-state index is 12.9. The van der Waals surface area contributed by atoms with Crippen LogP contribution in [0, 0.1) is 0 Å². The number of fused-ring (bicyclic) bond motifs is 1. The van der Waals surface area contributed by atoms with E-state index in [9.17, 15) is 9.90 Å². The van der Waals surface area contributed by atoms with Crippen LogP contribution in [0.25, 0.3) is 0 Å². The van der Waals surface area contributed by atoms with Crippen LogP contribution in [0.15, 0.2) is 41.3 Å². The Kier molecular flexibility index (Phi) is 10.2. The van der Waals surface area contributed by atoms with Gasteiger partial charge in [0.2, 0.25) is 5.95 Å². The van der Waals surface area contributed by atoms with E-state index in [4.69, 9.17) is 13.9 Å².